The van der Waals surface area contributed by atoms with E-state index >= 15 is 0 Å². The maximum Gasteiger partial charge on any atom is 0.573 e. The van der Waals surface area contributed by atoms with E-state index < -0.39 is 6.36 Å². The highest BCUT2D eigenvalue weighted by molar-refractivity contribution is 8.00. The van der Waals surface area contributed by atoms with E-state index in [2.05, 4.69) is 15.0 Å². The number of hydrogen-bond acceptors (Lipinski definition) is 7. The molecule has 2 aliphatic rings. The molecular formula is C20H20F3N3O4S2. The Kier molecular flexibility index (Phi) is 7.01. The van der Waals surface area contributed by atoms with Crippen LogP contribution in [-0.2, 0) is 16.0 Å². The number of halogens is 3. The summed E-state index contributed by atoms with van der Waals surface area (Å²) in [6.07, 6.45) is -2.25. The smallest absolute Gasteiger partial charge is 0.406 e. The molecule has 1 saturated heterocycles. The first-order chi connectivity index (χ1) is 15.3. The second-order valence-electron chi connectivity index (χ2n) is 7.18. The van der Waals surface area contributed by atoms with Gasteiger partial charge in [-0.25, -0.2) is 4.98 Å². The van der Waals surface area contributed by atoms with E-state index in [-0.39, 0.29) is 29.1 Å². The number of benzene rings is 1. The summed E-state index contributed by atoms with van der Waals surface area (Å²) < 4.78 is 48.0. The van der Waals surface area contributed by atoms with E-state index in [0.29, 0.717) is 41.0 Å². The van der Waals surface area contributed by atoms with E-state index in [1.54, 1.807) is 0 Å². The second kappa shape index (κ2) is 9.75. The number of aryl methyl sites for hydroxylation is 1. The van der Waals surface area contributed by atoms with Crippen molar-refractivity contribution < 1.29 is 27.4 Å². The minimum absolute atomic E-state index is 0.0229. The topological polar surface area (TPSA) is 82.5 Å². The molecule has 0 saturated carbocycles. The molecule has 0 aliphatic carbocycles. The second-order valence-corrected chi connectivity index (χ2v) is 9.23. The molecule has 172 valence electrons. The summed E-state index contributed by atoms with van der Waals surface area (Å²) in [4.78, 5) is 30.5. The largest absolute Gasteiger partial charge is 0.573 e. The zero-order chi connectivity index (χ0) is 22.7. The molecule has 0 bridgehead atoms. The average Bonchev–Trinajstić information content (AvgIpc) is 3.42. The zero-order valence-electron chi connectivity index (χ0n) is 16.8. The van der Waals surface area contributed by atoms with Gasteiger partial charge in [-0.3, -0.25) is 14.2 Å². The molecule has 1 atom stereocenters. The van der Waals surface area contributed by atoms with Crippen LogP contribution in [0.5, 0.6) is 5.75 Å². The molecular weight excluding hydrogens is 467 g/mol. The molecule has 1 aromatic carbocycles. The van der Waals surface area contributed by atoms with Gasteiger partial charge >= 0.3 is 6.36 Å². The number of amides is 1. The van der Waals surface area contributed by atoms with E-state index in [4.69, 9.17) is 4.74 Å². The standard InChI is InChI=1S/C20H20F3N3O4S2/c21-20(22,23)30-13-5-3-12(4-6-13)26-18(28)17-15(7-9-31-17)25-19(26)32-11-16(27)24-10-14-2-1-8-29-14/h3-6,14H,1-2,7-11H2,(H,24,27). The lowest BCUT2D eigenvalue weighted by Gasteiger charge is -2.15. The first kappa shape index (κ1) is 23.0. The monoisotopic (exact) mass is 487 g/mol. The Morgan fingerprint density at radius 2 is 2.12 bits per heavy atom. The van der Waals surface area contributed by atoms with Crippen LogP contribution in [0.2, 0.25) is 0 Å². The van der Waals surface area contributed by atoms with Gasteiger partial charge in [0.2, 0.25) is 5.91 Å². The van der Waals surface area contributed by atoms with E-state index in [9.17, 15) is 22.8 Å². The van der Waals surface area contributed by atoms with Gasteiger partial charge in [0.25, 0.3) is 5.56 Å². The Balaban J connectivity index is 1.53. The molecule has 0 radical (unpaired) electrons. The molecule has 1 unspecified atom stereocenters. The van der Waals surface area contributed by atoms with Crippen molar-refractivity contribution in [1.82, 2.24) is 14.9 Å². The SMILES string of the molecule is O=C(CSc1nc2c(c(=O)n1-c1ccc(OC(F)(F)F)cc1)SCC2)NCC1CCCO1. The third-order valence-corrected chi connectivity index (χ3v) is 6.92. The van der Waals surface area contributed by atoms with Gasteiger partial charge in [-0.15, -0.1) is 24.9 Å². The highest BCUT2D eigenvalue weighted by atomic mass is 32.2. The maximum absolute atomic E-state index is 13.1. The first-order valence-corrected chi connectivity index (χ1v) is 11.9. The number of aromatic nitrogens is 2. The van der Waals surface area contributed by atoms with Crippen molar-refractivity contribution in [2.75, 3.05) is 24.7 Å². The summed E-state index contributed by atoms with van der Waals surface area (Å²) in [6.45, 7) is 1.13. The molecule has 1 amide bonds. The zero-order valence-corrected chi connectivity index (χ0v) is 18.4. The summed E-state index contributed by atoms with van der Waals surface area (Å²) >= 11 is 2.50. The number of rotatable bonds is 7. The molecule has 7 nitrogen and oxygen atoms in total. The van der Waals surface area contributed by atoms with Gasteiger partial charge in [-0.1, -0.05) is 11.8 Å². The lowest BCUT2D eigenvalue weighted by molar-refractivity contribution is -0.274. The fraction of sp³-hybridized carbons (Fsp3) is 0.450. The molecule has 1 N–H and O–H groups in total. The van der Waals surface area contributed by atoms with Crippen molar-refractivity contribution in [3.8, 4) is 11.4 Å². The number of alkyl halides is 3. The molecule has 3 heterocycles. The summed E-state index contributed by atoms with van der Waals surface area (Å²) in [5.41, 5.74) is 0.717. The average molecular weight is 488 g/mol. The normalized spacial score (nSPS) is 17.9. The Bertz CT molecular complexity index is 1040. The lowest BCUT2D eigenvalue weighted by atomic mass is 10.2. The predicted molar refractivity (Wildman–Crippen MR) is 114 cm³/mol. The van der Waals surface area contributed by atoms with Gasteiger partial charge in [-0.05, 0) is 37.1 Å². The van der Waals surface area contributed by atoms with Crippen molar-refractivity contribution >= 4 is 29.4 Å². The van der Waals surface area contributed by atoms with Gasteiger partial charge in [0.05, 0.1) is 28.1 Å². The van der Waals surface area contributed by atoms with Crippen LogP contribution in [0.3, 0.4) is 0 Å². The summed E-state index contributed by atoms with van der Waals surface area (Å²) in [7, 11) is 0. The number of nitrogens with one attached hydrogen (secondary N) is 1. The molecule has 4 rings (SSSR count). The van der Waals surface area contributed by atoms with Gasteiger partial charge < -0.3 is 14.8 Å². The van der Waals surface area contributed by atoms with Crippen LogP contribution in [0.4, 0.5) is 13.2 Å². The van der Waals surface area contributed by atoms with Gasteiger partial charge in [0.1, 0.15) is 5.75 Å². The summed E-state index contributed by atoms with van der Waals surface area (Å²) in [5.74, 6) is 0.169. The Morgan fingerprint density at radius 1 is 1.34 bits per heavy atom. The minimum atomic E-state index is -4.80. The number of carbonyl (C=O) groups is 1. The lowest BCUT2D eigenvalue weighted by Crippen LogP contribution is -2.33. The van der Waals surface area contributed by atoms with E-state index in [0.717, 1.165) is 42.5 Å². The highest BCUT2D eigenvalue weighted by Gasteiger charge is 2.31. The van der Waals surface area contributed by atoms with Gasteiger partial charge in [0, 0.05) is 25.3 Å². The van der Waals surface area contributed by atoms with Crippen LogP contribution in [0.1, 0.15) is 18.5 Å². The molecule has 32 heavy (non-hydrogen) atoms. The van der Waals surface area contributed by atoms with Crippen LogP contribution in [-0.4, -0.2) is 52.6 Å². The van der Waals surface area contributed by atoms with E-state index in [1.165, 1.54) is 28.5 Å². The van der Waals surface area contributed by atoms with Crippen LogP contribution in [0.15, 0.2) is 39.1 Å². The third-order valence-electron chi connectivity index (χ3n) is 4.88. The highest BCUT2D eigenvalue weighted by Crippen LogP contribution is 2.30. The van der Waals surface area contributed by atoms with Gasteiger partial charge in [0.15, 0.2) is 5.16 Å². The van der Waals surface area contributed by atoms with Crippen molar-refractivity contribution in [3.05, 3.63) is 40.3 Å². The molecule has 2 aliphatic heterocycles. The molecule has 2 aromatic rings. The van der Waals surface area contributed by atoms with Crippen molar-refractivity contribution in [2.45, 2.75) is 41.8 Å². The van der Waals surface area contributed by atoms with Crippen LogP contribution in [0.25, 0.3) is 5.69 Å². The number of carbonyl (C=O) groups excluding carboxylic acids is 1. The number of thioether (sulfide) groups is 2. The molecule has 0 spiro atoms. The Hall–Kier alpha value is -2.18. The predicted octanol–water partition coefficient (Wildman–Crippen LogP) is 3.17. The third kappa shape index (κ3) is 5.59. The fourth-order valence-corrected chi connectivity index (χ4v) is 5.31. The van der Waals surface area contributed by atoms with Crippen molar-refractivity contribution in [3.63, 3.8) is 0 Å². The van der Waals surface area contributed by atoms with Crippen molar-refractivity contribution in [2.24, 2.45) is 0 Å². The number of fused-ring (bicyclic) bond motifs is 1. The Labute approximate surface area is 190 Å². The minimum Gasteiger partial charge on any atom is -0.406 e. The number of ether oxygens (including phenoxy) is 2. The number of nitrogens with zero attached hydrogens (tertiary/aromatic N) is 2. The molecule has 12 heteroatoms. The fourth-order valence-electron chi connectivity index (χ4n) is 3.43. The first-order valence-electron chi connectivity index (χ1n) is 9.96. The molecule has 1 aromatic heterocycles. The summed E-state index contributed by atoms with van der Waals surface area (Å²) in [5, 5.41) is 3.14. The van der Waals surface area contributed by atoms with Crippen molar-refractivity contribution in [1.29, 1.82) is 0 Å². The van der Waals surface area contributed by atoms with E-state index in [1.807, 2.05) is 0 Å². The van der Waals surface area contributed by atoms with Gasteiger partial charge in [-0.2, -0.15) is 0 Å². The maximum atomic E-state index is 13.1. The quantitative estimate of drug-likeness (QED) is 0.475. The van der Waals surface area contributed by atoms with Crippen LogP contribution >= 0.6 is 23.5 Å². The Morgan fingerprint density at radius 3 is 2.81 bits per heavy atom. The number of hydrogen-bond donors (Lipinski definition) is 1. The van der Waals surface area contributed by atoms with Crippen LogP contribution in [0, 0.1) is 0 Å². The summed E-state index contributed by atoms with van der Waals surface area (Å²) in [6, 6.07) is 4.99. The molecule has 1 fully saturated rings. The van der Waals surface area contributed by atoms with Crippen LogP contribution < -0.4 is 15.6 Å².